The first-order chi connectivity index (χ1) is 12.5. The van der Waals surface area contributed by atoms with Gasteiger partial charge in [-0.15, -0.1) is 0 Å². The van der Waals surface area contributed by atoms with Gasteiger partial charge in [-0.1, -0.05) is 29.8 Å². The lowest BCUT2D eigenvalue weighted by Crippen LogP contribution is -2.31. The predicted molar refractivity (Wildman–Crippen MR) is 98.5 cm³/mol. The summed E-state index contributed by atoms with van der Waals surface area (Å²) in [6.45, 7) is 5.50. The minimum atomic E-state index is -0.936. The highest BCUT2D eigenvalue weighted by atomic mass is 16.6. The number of benzene rings is 2. The van der Waals surface area contributed by atoms with E-state index in [0.29, 0.717) is 23.8 Å². The molecule has 0 radical (unpaired) electrons. The molecule has 0 heterocycles. The molecule has 6 nitrogen and oxygen atoms in total. The monoisotopic (exact) mass is 357 g/mol. The summed E-state index contributed by atoms with van der Waals surface area (Å²) in [6, 6.07) is 14.4. The number of hydrogen-bond donors (Lipinski definition) is 1. The Kier molecular flexibility index (Phi) is 7.02. The summed E-state index contributed by atoms with van der Waals surface area (Å²) in [5.41, 5.74) is 1.73. The lowest BCUT2D eigenvalue weighted by atomic mass is 10.2. The molecule has 0 unspecified atom stereocenters. The van der Waals surface area contributed by atoms with Gasteiger partial charge >= 0.3 is 5.97 Å². The Morgan fingerprint density at radius 3 is 2.23 bits per heavy atom. The van der Waals surface area contributed by atoms with Crippen molar-refractivity contribution in [2.45, 2.75) is 26.9 Å². The summed E-state index contributed by atoms with van der Waals surface area (Å²) in [5, 5.41) is 2.70. The number of carbonyl (C=O) groups excluding carboxylic acids is 2. The number of rotatable bonds is 8. The summed E-state index contributed by atoms with van der Waals surface area (Å²) in [5.74, 6) is -0.0456. The van der Waals surface area contributed by atoms with Crippen LogP contribution in [-0.2, 0) is 14.3 Å². The molecule has 0 aliphatic rings. The molecule has 6 heteroatoms. The van der Waals surface area contributed by atoms with Crippen LogP contribution in [0, 0.1) is 6.92 Å². The maximum atomic E-state index is 12.1. The fourth-order valence-corrected chi connectivity index (χ4v) is 2.15. The Labute approximate surface area is 153 Å². The summed E-state index contributed by atoms with van der Waals surface area (Å²) < 4.78 is 16.0. The van der Waals surface area contributed by atoms with Gasteiger partial charge in [0, 0.05) is 5.69 Å². The van der Waals surface area contributed by atoms with Gasteiger partial charge in [0.15, 0.2) is 24.2 Å². The molecule has 2 rings (SSSR count). The van der Waals surface area contributed by atoms with Crippen molar-refractivity contribution in [1.29, 1.82) is 0 Å². The highest BCUT2D eigenvalue weighted by Gasteiger charge is 2.18. The minimum absolute atomic E-state index is 0.313. The number of aryl methyl sites for hydroxylation is 1. The summed E-state index contributed by atoms with van der Waals surface area (Å²) >= 11 is 0. The number of carbonyl (C=O) groups is 2. The van der Waals surface area contributed by atoms with E-state index >= 15 is 0 Å². The topological polar surface area (TPSA) is 73.9 Å². The van der Waals surface area contributed by atoms with Gasteiger partial charge in [-0.05, 0) is 45.0 Å². The molecule has 1 amide bonds. The van der Waals surface area contributed by atoms with Crippen molar-refractivity contribution in [2.75, 3.05) is 18.5 Å². The molecule has 0 spiro atoms. The highest BCUT2D eigenvalue weighted by molar-refractivity contribution is 5.95. The average molecular weight is 357 g/mol. The second kappa shape index (κ2) is 9.46. The zero-order chi connectivity index (χ0) is 18.9. The second-order valence-corrected chi connectivity index (χ2v) is 5.66. The maximum Gasteiger partial charge on any atom is 0.344 e. The van der Waals surface area contributed by atoms with Gasteiger partial charge in [0.25, 0.3) is 5.91 Å². The molecular weight excluding hydrogens is 334 g/mol. The first-order valence-electron chi connectivity index (χ1n) is 8.41. The summed E-state index contributed by atoms with van der Waals surface area (Å²) in [4.78, 5) is 24.0. The van der Waals surface area contributed by atoms with Crippen LogP contribution >= 0.6 is 0 Å². The number of amides is 1. The fraction of sp³-hybridized carbons (Fsp3) is 0.300. The Morgan fingerprint density at radius 1 is 1.00 bits per heavy atom. The molecular formula is C20H23NO5. The molecule has 0 aromatic heterocycles. The molecule has 138 valence electrons. The fourth-order valence-electron chi connectivity index (χ4n) is 2.15. The summed E-state index contributed by atoms with van der Waals surface area (Å²) in [6.07, 6.45) is -0.936. The van der Waals surface area contributed by atoms with E-state index in [-0.39, 0.29) is 6.61 Å². The molecule has 0 fully saturated rings. The number of nitrogens with one attached hydrogen (secondary N) is 1. The smallest absolute Gasteiger partial charge is 0.344 e. The summed E-state index contributed by atoms with van der Waals surface area (Å²) in [7, 11) is 0. The first-order valence-corrected chi connectivity index (χ1v) is 8.41. The Balaban J connectivity index is 1.83. The lowest BCUT2D eigenvalue weighted by Gasteiger charge is -2.15. The number of esters is 1. The number of anilines is 1. The Bertz CT molecular complexity index is 742. The van der Waals surface area contributed by atoms with Crippen molar-refractivity contribution in [3.05, 3.63) is 54.1 Å². The molecule has 0 saturated heterocycles. The van der Waals surface area contributed by atoms with Gasteiger partial charge in [0.1, 0.15) is 0 Å². The predicted octanol–water partition coefficient (Wildman–Crippen LogP) is 3.34. The largest absolute Gasteiger partial charge is 0.490 e. The van der Waals surface area contributed by atoms with Gasteiger partial charge in [0.2, 0.25) is 0 Å². The Morgan fingerprint density at radius 2 is 1.62 bits per heavy atom. The molecule has 1 atom stereocenters. The van der Waals surface area contributed by atoms with Crippen LogP contribution in [0.25, 0.3) is 0 Å². The average Bonchev–Trinajstić information content (AvgIpc) is 2.63. The van der Waals surface area contributed by atoms with Gasteiger partial charge in [-0.2, -0.15) is 0 Å². The third-order valence-corrected chi connectivity index (χ3v) is 3.49. The third kappa shape index (κ3) is 5.81. The maximum absolute atomic E-state index is 12.1. The van der Waals surface area contributed by atoms with Crippen LogP contribution < -0.4 is 14.8 Å². The Hall–Kier alpha value is -3.02. The van der Waals surface area contributed by atoms with E-state index in [2.05, 4.69) is 5.32 Å². The van der Waals surface area contributed by atoms with Crippen molar-refractivity contribution >= 4 is 17.6 Å². The van der Waals surface area contributed by atoms with Crippen LogP contribution in [0.4, 0.5) is 5.69 Å². The van der Waals surface area contributed by atoms with Crippen molar-refractivity contribution < 1.29 is 23.8 Å². The molecule has 0 saturated carbocycles. The molecule has 0 aliphatic heterocycles. The van der Waals surface area contributed by atoms with Gasteiger partial charge in [-0.25, -0.2) is 4.79 Å². The highest BCUT2D eigenvalue weighted by Crippen LogP contribution is 2.26. The van der Waals surface area contributed by atoms with E-state index in [0.717, 1.165) is 5.56 Å². The molecule has 26 heavy (non-hydrogen) atoms. The molecule has 2 aromatic rings. The number of para-hydroxylation sites is 2. The van der Waals surface area contributed by atoms with Crippen molar-refractivity contribution in [3.63, 3.8) is 0 Å². The van der Waals surface area contributed by atoms with E-state index in [9.17, 15) is 9.59 Å². The molecule has 0 bridgehead atoms. The van der Waals surface area contributed by atoms with E-state index in [4.69, 9.17) is 14.2 Å². The standard InChI is InChI=1S/C20H23NO5/c1-4-24-17-7-5-6-8-18(17)25-13-19(22)26-15(3)20(23)21-16-11-9-14(2)10-12-16/h5-12,15H,4,13H2,1-3H3,(H,21,23)/t15-/m1/s1. The molecule has 2 aromatic carbocycles. The van der Waals surface area contributed by atoms with Crippen LogP contribution in [0.5, 0.6) is 11.5 Å². The number of hydrogen-bond acceptors (Lipinski definition) is 5. The molecule has 1 N–H and O–H groups in total. The van der Waals surface area contributed by atoms with E-state index in [1.165, 1.54) is 6.92 Å². The van der Waals surface area contributed by atoms with E-state index < -0.39 is 18.0 Å². The van der Waals surface area contributed by atoms with Gasteiger partial charge in [0.05, 0.1) is 6.61 Å². The quantitative estimate of drug-likeness (QED) is 0.734. The van der Waals surface area contributed by atoms with E-state index in [1.54, 1.807) is 30.3 Å². The van der Waals surface area contributed by atoms with Crippen LogP contribution in [0.2, 0.25) is 0 Å². The second-order valence-electron chi connectivity index (χ2n) is 5.66. The van der Waals surface area contributed by atoms with Crippen molar-refractivity contribution in [2.24, 2.45) is 0 Å². The molecule has 0 aliphatic carbocycles. The zero-order valence-corrected chi connectivity index (χ0v) is 15.2. The zero-order valence-electron chi connectivity index (χ0n) is 15.2. The van der Waals surface area contributed by atoms with Crippen LogP contribution in [-0.4, -0.2) is 31.2 Å². The van der Waals surface area contributed by atoms with Crippen LogP contribution in [0.1, 0.15) is 19.4 Å². The van der Waals surface area contributed by atoms with Crippen LogP contribution in [0.3, 0.4) is 0 Å². The lowest BCUT2D eigenvalue weighted by molar-refractivity contribution is -0.155. The van der Waals surface area contributed by atoms with Crippen molar-refractivity contribution in [3.8, 4) is 11.5 Å². The SMILES string of the molecule is CCOc1ccccc1OCC(=O)O[C@H](C)C(=O)Nc1ccc(C)cc1. The van der Waals surface area contributed by atoms with Gasteiger partial charge in [-0.3, -0.25) is 4.79 Å². The van der Waals surface area contributed by atoms with Gasteiger partial charge < -0.3 is 19.5 Å². The number of ether oxygens (including phenoxy) is 3. The normalized spacial score (nSPS) is 11.3. The van der Waals surface area contributed by atoms with Crippen LogP contribution in [0.15, 0.2) is 48.5 Å². The first kappa shape index (κ1) is 19.3. The van der Waals surface area contributed by atoms with Crippen molar-refractivity contribution in [1.82, 2.24) is 0 Å². The third-order valence-electron chi connectivity index (χ3n) is 3.49. The minimum Gasteiger partial charge on any atom is -0.490 e. The van der Waals surface area contributed by atoms with E-state index in [1.807, 2.05) is 32.0 Å².